The molecule has 2 aliphatic rings. The molecule has 11 heteroatoms. The van der Waals surface area contributed by atoms with Crippen LogP contribution < -0.4 is 10.7 Å². The summed E-state index contributed by atoms with van der Waals surface area (Å²) in [6.07, 6.45) is 5.84. The van der Waals surface area contributed by atoms with Gasteiger partial charge in [-0.25, -0.2) is 4.79 Å². The third kappa shape index (κ3) is 4.66. The van der Waals surface area contributed by atoms with Crippen molar-refractivity contribution in [3.63, 3.8) is 0 Å². The van der Waals surface area contributed by atoms with E-state index < -0.39 is 5.76 Å². The van der Waals surface area contributed by atoms with Gasteiger partial charge in [-0.2, -0.15) is 0 Å². The number of H-pyrrole nitrogens is 1. The molecule has 4 aromatic rings. The van der Waals surface area contributed by atoms with Crippen LogP contribution in [0.1, 0.15) is 42.9 Å². The molecule has 0 spiro atoms. The van der Waals surface area contributed by atoms with Crippen LogP contribution in [0.15, 0.2) is 50.4 Å². The number of rotatable bonds is 7. The predicted molar refractivity (Wildman–Crippen MR) is 134 cm³/mol. The third-order valence-corrected chi connectivity index (χ3v) is 7.30. The minimum Gasteiger partial charge on any atom is -0.373 e. The van der Waals surface area contributed by atoms with Crippen molar-refractivity contribution in [2.75, 3.05) is 18.0 Å². The average molecular weight is 528 g/mol. The zero-order chi connectivity index (χ0) is 24.6. The van der Waals surface area contributed by atoms with E-state index >= 15 is 0 Å². The maximum Gasteiger partial charge on any atom is 0.439 e. The van der Waals surface area contributed by atoms with Gasteiger partial charge in [-0.3, -0.25) is 14.5 Å². The molecule has 36 heavy (non-hydrogen) atoms. The van der Waals surface area contributed by atoms with Gasteiger partial charge in [-0.15, -0.1) is 0 Å². The number of aromatic nitrogens is 4. The Kier molecular flexibility index (Phi) is 6.29. The zero-order valence-electron chi connectivity index (χ0n) is 19.2. The standard InChI is InChI=1S/C25H23Cl2N5O4/c26-18-2-1-3-19(27)21(18)22-17(23(35-30-22)14-4-5-14)13-34-16-8-10-32(11-9-16)15-6-7-20(28-12-15)24-29-25(33)36-31-24/h1-3,6-7,12,14,16H,4-5,8-11,13H2,(H,29,31,33). The van der Waals surface area contributed by atoms with Crippen molar-refractivity contribution in [2.24, 2.45) is 0 Å². The molecule has 1 aromatic carbocycles. The molecule has 1 aliphatic heterocycles. The molecule has 1 saturated heterocycles. The van der Waals surface area contributed by atoms with E-state index in [0.717, 1.165) is 55.8 Å². The number of hydrogen-bond acceptors (Lipinski definition) is 8. The molecular formula is C25H23Cl2N5O4. The fourth-order valence-electron chi connectivity index (χ4n) is 4.58. The summed E-state index contributed by atoms with van der Waals surface area (Å²) in [5.41, 5.74) is 3.87. The van der Waals surface area contributed by atoms with Gasteiger partial charge in [-0.05, 0) is 49.9 Å². The summed E-state index contributed by atoms with van der Waals surface area (Å²) in [5.74, 6) is 0.988. The van der Waals surface area contributed by atoms with Crippen molar-refractivity contribution in [3.05, 3.63) is 68.4 Å². The monoisotopic (exact) mass is 527 g/mol. The van der Waals surface area contributed by atoms with Crippen LogP contribution in [-0.4, -0.2) is 39.5 Å². The molecule has 2 fully saturated rings. The molecule has 4 heterocycles. The Balaban J connectivity index is 1.11. The second-order valence-corrected chi connectivity index (χ2v) is 9.90. The van der Waals surface area contributed by atoms with Gasteiger partial charge in [-0.1, -0.05) is 39.6 Å². The van der Waals surface area contributed by atoms with Crippen molar-refractivity contribution in [1.82, 2.24) is 20.3 Å². The van der Waals surface area contributed by atoms with Crippen LogP contribution in [-0.2, 0) is 11.3 Å². The lowest BCUT2D eigenvalue weighted by molar-refractivity contribution is 0.0246. The molecular weight excluding hydrogens is 505 g/mol. The SMILES string of the molecule is O=c1[nH]c(-c2ccc(N3CCC(OCc4c(-c5c(Cl)cccc5Cl)noc4C4CC4)CC3)cn2)no1. The van der Waals surface area contributed by atoms with E-state index in [1.807, 2.05) is 18.2 Å². The number of hydrogen-bond donors (Lipinski definition) is 1. The highest BCUT2D eigenvalue weighted by Crippen LogP contribution is 2.46. The van der Waals surface area contributed by atoms with Crippen LogP contribution in [0.2, 0.25) is 10.0 Å². The van der Waals surface area contributed by atoms with Crippen molar-refractivity contribution in [3.8, 4) is 22.8 Å². The lowest BCUT2D eigenvalue weighted by Gasteiger charge is -2.33. The number of halogens is 2. The minimum atomic E-state index is -0.601. The van der Waals surface area contributed by atoms with Gasteiger partial charge in [0.1, 0.15) is 17.1 Å². The highest BCUT2D eigenvalue weighted by Gasteiger charge is 2.34. The summed E-state index contributed by atoms with van der Waals surface area (Å²) in [7, 11) is 0. The maximum atomic E-state index is 11.2. The summed E-state index contributed by atoms with van der Waals surface area (Å²) < 4.78 is 16.7. The molecule has 1 N–H and O–H groups in total. The van der Waals surface area contributed by atoms with Gasteiger partial charge in [0.15, 0.2) is 0 Å². The Bertz CT molecular complexity index is 1400. The summed E-state index contributed by atoms with van der Waals surface area (Å²) in [5, 5.41) is 9.11. The van der Waals surface area contributed by atoms with Crippen LogP contribution in [0.5, 0.6) is 0 Å². The lowest BCUT2D eigenvalue weighted by Crippen LogP contribution is -2.37. The molecule has 6 rings (SSSR count). The molecule has 186 valence electrons. The number of nitrogens with zero attached hydrogens (tertiary/aromatic N) is 4. The Labute approximate surface area is 216 Å². The fourth-order valence-corrected chi connectivity index (χ4v) is 5.16. The number of nitrogens with one attached hydrogen (secondary N) is 1. The van der Waals surface area contributed by atoms with E-state index in [1.54, 1.807) is 18.3 Å². The summed E-state index contributed by atoms with van der Waals surface area (Å²) in [6, 6.07) is 9.22. The van der Waals surface area contributed by atoms with E-state index in [2.05, 4.69) is 29.7 Å². The first kappa shape index (κ1) is 23.3. The lowest BCUT2D eigenvalue weighted by atomic mass is 10.0. The molecule has 3 aromatic heterocycles. The molecule has 1 saturated carbocycles. The fraction of sp³-hybridized carbons (Fsp3) is 0.360. The van der Waals surface area contributed by atoms with Crippen LogP contribution >= 0.6 is 23.2 Å². The van der Waals surface area contributed by atoms with Gasteiger partial charge < -0.3 is 14.2 Å². The number of anilines is 1. The maximum absolute atomic E-state index is 11.2. The predicted octanol–water partition coefficient (Wildman–Crippen LogP) is 5.45. The molecule has 1 aliphatic carbocycles. The highest BCUT2D eigenvalue weighted by molar-refractivity contribution is 6.39. The molecule has 0 amide bonds. The van der Waals surface area contributed by atoms with Gasteiger partial charge in [0.2, 0.25) is 5.82 Å². The second-order valence-electron chi connectivity index (χ2n) is 9.09. The largest absolute Gasteiger partial charge is 0.439 e. The molecule has 0 radical (unpaired) electrons. The first-order valence-electron chi connectivity index (χ1n) is 11.9. The summed E-state index contributed by atoms with van der Waals surface area (Å²) in [6.45, 7) is 2.09. The normalized spacial score (nSPS) is 16.6. The van der Waals surface area contributed by atoms with E-state index in [-0.39, 0.29) is 6.10 Å². The topological polar surface area (TPSA) is 110 Å². The van der Waals surface area contributed by atoms with Gasteiger partial charge >= 0.3 is 5.76 Å². The number of piperidine rings is 1. The number of aromatic amines is 1. The van der Waals surface area contributed by atoms with E-state index in [0.29, 0.717) is 45.3 Å². The third-order valence-electron chi connectivity index (χ3n) is 6.67. The van der Waals surface area contributed by atoms with Crippen LogP contribution in [0.25, 0.3) is 22.8 Å². The van der Waals surface area contributed by atoms with Crippen LogP contribution in [0, 0.1) is 0 Å². The Morgan fingerprint density at radius 3 is 2.44 bits per heavy atom. The Morgan fingerprint density at radius 1 is 1.03 bits per heavy atom. The van der Waals surface area contributed by atoms with Gasteiger partial charge in [0.25, 0.3) is 0 Å². The first-order valence-corrected chi connectivity index (χ1v) is 12.6. The van der Waals surface area contributed by atoms with Crippen molar-refractivity contribution in [1.29, 1.82) is 0 Å². The van der Waals surface area contributed by atoms with Crippen LogP contribution in [0.3, 0.4) is 0 Å². The number of benzene rings is 1. The Hall–Kier alpha value is -3.14. The van der Waals surface area contributed by atoms with Crippen molar-refractivity contribution >= 4 is 28.9 Å². The quantitative estimate of drug-likeness (QED) is 0.337. The molecule has 9 nitrogen and oxygen atoms in total. The van der Waals surface area contributed by atoms with Crippen molar-refractivity contribution in [2.45, 2.75) is 44.3 Å². The molecule has 0 unspecified atom stereocenters. The number of pyridine rings is 1. The minimum absolute atomic E-state index is 0.116. The average Bonchev–Trinajstić information content (AvgIpc) is 3.51. The Morgan fingerprint density at radius 2 is 1.81 bits per heavy atom. The van der Waals surface area contributed by atoms with Gasteiger partial charge in [0, 0.05) is 30.1 Å². The van der Waals surface area contributed by atoms with E-state index in [9.17, 15) is 4.79 Å². The van der Waals surface area contributed by atoms with E-state index in [4.69, 9.17) is 32.5 Å². The van der Waals surface area contributed by atoms with Crippen LogP contribution in [0.4, 0.5) is 5.69 Å². The summed E-state index contributed by atoms with van der Waals surface area (Å²) >= 11 is 12.9. The molecule has 0 bridgehead atoms. The smallest absolute Gasteiger partial charge is 0.373 e. The molecule has 0 atom stereocenters. The second kappa shape index (κ2) is 9.72. The van der Waals surface area contributed by atoms with Crippen molar-refractivity contribution < 1.29 is 13.8 Å². The first-order chi connectivity index (χ1) is 17.6. The summed E-state index contributed by atoms with van der Waals surface area (Å²) in [4.78, 5) is 20.3. The van der Waals surface area contributed by atoms with E-state index in [1.165, 1.54) is 0 Å². The van der Waals surface area contributed by atoms with Gasteiger partial charge in [0.05, 0.1) is 34.6 Å². The number of ether oxygens (including phenoxy) is 1. The zero-order valence-corrected chi connectivity index (χ0v) is 20.8. The highest BCUT2D eigenvalue weighted by atomic mass is 35.5.